The van der Waals surface area contributed by atoms with E-state index in [2.05, 4.69) is 0 Å². The van der Waals surface area contributed by atoms with Crippen molar-refractivity contribution >= 4 is 11.1 Å². The molecule has 0 aromatic rings. The van der Waals surface area contributed by atoms with Crippen LogP contribution < -0.4 is 29.6 Å². The molecule has 1 atom stereocenters. The van der Waals surface area contributed by atoms with Gasteiger partial charge in [-0.3, -0.25) is 4.21 Å². The molecule has 0 aliphatic rings. The van der Waals surface area contributed by atoms with Gasteiger partial charge in [0.1, 0.15) is 0 Å². The summed E-state index contributed by atoms with van der Waals surface area (Å²) in [6, 6.07) is 0. The first kappa shape index (κ1) is 11.7. The molecule has 0 rings (SSSR count). The summed E-state index contributed by atoms with van der Waals surface area (Å²) in [7, 11) is 0. The molecule has 8 heavy (non-hydrogen) atoms. The van der Waals surface area contributed by atoms with Crippen LogP contribution in [-0.4, -0.2) is 14.0 Å². The Morgan fingerprint density at radius 1 is 1.62 bits per heavy atom. The van der Waals surface area contributed by atoms with Gasteiger partial charge in [0.25, 0.3) is 0 Å². The van der Waals surface area contributed by atoms with Crippen molar-refractivity contribution in [1.82, 2.24) is 0 Å². The molecule has 0 N–H and O–H groups in total. The molecule has 0 aromatic heterocycles. The second-order valence-corrected chi connectivity index (χ2v) is 2.23. The molecule has 0 amide bonds. The first-order valence-corrected chi connectivity index (χ1v) is 2.49. The van der Waals surface area contributed by atoms with E-state index in [0.717, 1.165) is 0 Å². The van der Waals surface area contributed by atoms with Gasteiger partial charge in [-0.15, -0.1) is 0 Å². The van der Waals surface area contributed by atoms with Crippen molar-refractivity contribution in [1.29, 1.82) is 0 Å². The fraction of sp³-hybridized carbons (Fsp3) is 1.00. The number of alkyl halides is 2. The summed E-state index contributed by atoms with van der Waals surface area (Å²) in [5.41, 5.74) is 0. The summed E-state index contributed by atoms with van der Waals surface area (Å²) in [4.78, 5) is 0. The summed E-state index contributed by atoms with van der Waals surface area (Å²) >= 11 is -3.27. The van der Waals surface area contributed by atoms with Gasteiger partial charge in [-0.2, -0.15) is 8.78 Å². The van der Waals surface area contributed by atoms with Crippen LogP contribution in [0.2, 0.25) is 0 Å². The normalized spacial score (nSPS) is 14.5. The molecule has 0 aliphatic heterocycles. The van der Waals surface area contributed by atoms with E-state index in [0.29, 0.717) is 6.92 Å². The molecular weight excluding hydrogens is 149 g/mol. The summed E-state index contributed by atoms with van der Waals surface area (Å²) in [6.45, 7) is 0.316. The second-order valence-electron chi connectivity index (χ2n) is 1.04. The second kappa shape index (κ2) is 3.90. The van der Waals surface area contributed by atoms with Crippen molar-refractivity contribution in [3.63, 3.8) is 0 Å². The van der Waals surface area contributed by atoms with Gasteiger partial charge in [0.15, 0.2) is 0 Å². The van der Waals surface area contributed by atoms with Gasteiger partial charge >= 0.3 is 34.8 Å². The van der Waals surface area contributed by atoms with Crippen LogP contribution in [0.3, 0.4) is 0 Å². The van der Waals surface area contributed by atoms with E-state index in [1.54, 1.807) is 0 Å². The van der Waals surface area contributed by atoms with Crippen LogP contribution in [0, 0.1) is 0 Å². The van der Waals surface area contributed by atoms with E-state index < -0.39 is 16.3 Å². The Hall–Kier alpha value is 0.970. The zero-order valence-corrected chi connectivity index (χ0v) is 7.30. The molecule has 0 aromatic carbocycles. The summed E-state index contributed by atoms with van der Waals surface area (Å²) in [5.74, 6) is 0. The maximum atomic E-state index is 11.2. The fourth-order valence-corrected chi connectivity index (χ4v) is 0. The topological polar surface area (TPSA) is 40.1 Å². The Morgan fingerprint density at radius 3 is 1.75 bits per heavy atom. The number of hydrogen-bond acceptors (Lipinski definition) is 2. The monoisotopic (exact) mass is 152 g/mol. The van der Waals surface area contributed by atoms with Crippen LogP contribution in [0.1, 0.15) is 6.92 Å². The quantitative estimate of drug-likeness (QED) is 0.307. The van der Waals surface area contributed by atoms with Crippen molar-refractivity contribution in [2.24, 2.45) is 0 Å². The molecule has 0 saturated carbocycles. The first-order chi connectivity index (χ1) is 2.94. The molecule has 2 nitrogen and oxygen atoms in total. The van der Waals surface area contributed by atoms with Crippen LogP contribution >= 0.6 is 0 Å². The molecule has 0 aliphatic carbocycles. The van der Waals surface area contributed by atoms with Crippen molar-refractivity contribution in [3.05, 3.63) is 0 Å². The molecule has 44 valence electrons. The molecule has 0 spiro atoms. The van der Waals surface area contributed by atoms with Crippen LogP contribution in [0.25, 0.3) is 0 Å². The van der Waals surface area contributed by atoms with Gasteiger partial charge in [-0.1, -0.05) is 0 Å². The Bertz CT molecular complexity index is 90.5. The maximum absolute atomic E-state index is 11.2. The molecule has 0 saturated heterocycles. The first-order valence-electron chi connectivity index (χ1n) is 1.42. The molecule has 0 radical (unpaired) electrons. The van der Waals surface area contributed by atoms with Gasteiger partial charge < -0.3 is 4.55 Å². The van der Waals surface area contributed by atoms with Gasteiger partial charge in [0, 0.05) is 18.0 Å². The summed E-state index contributed by atoms with van der Waals surface area (Å²) < 4.78 is 41.0. The maximum Gasteiger partial charge on any atom is 1.00 e. The Labute approximate surface area is 70.2 Å². The molecule has 0 fully saturated rings. The third-order valence-electron chi connectivity index (χ3n) is 0.293. The van der Waals surface area contributed by atoms with E-state index in [1.165, 1.54) is 0 Å². The fourth-order valence-electron chi connectivity index (χ4n) is 0. The van der Waals surface area contributed by atoms with E-state index in [9.17, 15) is 17.5 Å². The molecule has 0 heterocycles. The largest absolute Gasteiger partial charge is 1.00 e. The van der Waals surface area contributed by atoms with Crippen molar-refractivity contribution in [3.8, 4) is 0 Å². The van der Waals surface area contributed by atoms with E-state index in [-0.39, 0.29) is 29.6 Å². The predicted molar refractivity (Wildman–Crippen MR) is 19.5 cm³/mol. The summed E-state index contributed by atoms with van der Waals surface area (Å²) in [5, 5.41) is -3.58. The van der Waals surface area contributed by atoms with Gasteiger partial charge in [-0.25, -0.2) is 0 Å². The average Bonchev–Trinajstić information content (AvgIpc) is 1.31. The SMILES string of the molecule is CC(F)(F)S(=O)[O-].[Na+]. The zero-order valence-electron chi connectivity index (χ0n) is 4.48. The average molecular weight is 152 g/mol. The Balaban J connectivity index is 0. The number of halogens is 2. The van der Waals surface area contributed by atoms with Crippen LogP contribution in [0.4, 0.5) is 8.78 Å². The van der Waals surface area contributed by atoms with Crippen molar-refractivity contribution in [2.45, 2.75) is 12.2 Å². The minimum atomic E-state index is -3.58. The molecule has 1 unspecified atom stereocenters. The zero-order chi connectivity index (χ0) is 6.08. The van der Waals surface area contributed by atoms with Crippen LogP contribution in [0.15, 0.2) is 0 Å². The van der Waals surface area contributed by atoms with Gasteiger partial charge in [0.2, 0.25) is 0 Å². The predicted octanol–water partition coefficient (Wildman–Crippen LogP) is -2.52. The smallest absolute Gasteiger partial charge is 0.768 e. The number of hydrogen-bond donors (Lipinski definition) is 0. The Kier molecular flexibility index (Phi) is 5.71. The molecular formula is C2H3F2NaO2S. The number of rotatable bonds is 1. The minimum Gasteiger partial charge on any atom is -0.768 e. The van der Waals surface area contributed by atoms with Crippen molar-refractivity contribution in [2.75, 3.05) is 0 Å². The summed E-state index contributed by atoms with van der Waals surface area (Å²) in [6.07, 6.45) is 0. The van der Waals surface area contributed by atoms with Crippen LogP contribution in [0.5, 0.6) is 0 Å². The molecule has 6 heteroatoms. The third kappa shape index (κ3) is 5.11. The van der Waals surface area contributed by atoms with Gasteiger partial charge in [0.05, 0.1) is 0 Å². The van der Waals surface area contributed by atoms with E-state index in [1.807, 2.05) is 0 Å². The molecule has 0 bridgehead atoms. The standard InChI is InChI=1S/C2H4F2O2S.Na/c1-2(3,4)7(5)6;/h1H3,(H,5,6);/q;+1/p-1. The van der Waals surface area contributed by atoms with E-state index in [4.69, 9.17) is 0 Å². The minimum absolute atomic E-state index is 0. The van der Waals surface area contributed by atoms with Crippen molar-refractivity contribution < 1.29 is 47.1 Å². The Morgan fingerprint density at radius 2 is 1.75 bits per heavy atom. The van der Waals surface area contributed by atoms with Crippen LogP contribution in [-0.2, 0) is 11.1 Å². The van der Waals surface area contributed by atoms with E-state index >= 15 is 0 Å². The third-order valence-corrected chi connectivity index (χ3v) is 0.878. The van der Waals surface area contributed by atoms with Gasteiger partial charge in [-0.05, 0) is 0 Å².